The van der Waals surface area contributed by atoms with E-state index in [-0.39, 0.29) is 0 Å². The molecule has 0 aromatic heterocycles. The van der Waals surface area contributed by atoms with Crippen LogP contribution in [-0.4, -0.2) is 18.0 Å². The minimum Gasteiger partial charge on any atom is -0.372 e. The van der Waals surface area contributed by atoms with Crippen molar-refractivity contribution in [3.05, 3.63) is 31.6 Å². The van der Waals surface area contributed by atoms with E-state index in [1.165, 1.54) is 7.16 Å². The topological polar surface area (TPSA) is 3.24 Å². The van der Waals surface area contributed by atoms with Crippen molar-refractivity contribution >= 4 is 45.2 Å². The van der Waals surface area contributed by atoms with Crippen molar-refractivity contribution in [1.29, 1.82) is 0 Å². The molecule has 0 radical (unpaired) electrons. The summed E-state index contributed by atoms with van der Waals surface area (Å²) in [5.74, 6) is 0.604. The van der Waals surface area contributed by atoms with Crippen LogP contribution in [0, 0.1) is 5.92 Å². The van der Waals surface area contributed by atoms with Crippen LogP contribution in [0.1, 0.15) is 0 Å². The van der Waals surface area contributed by atoms with Gasteiger partial charge in [0.2, 0.25) is 0 Å². The summed E-state index contributed by atoms with van der Waals surface area (Å²) in [5.41, 5.74) is 0. The maximum absolute atomic E-state index is 2.43. The first-order valence-electron chi connectivity index (χ1n) is 3.83. The summed E-state index contributed by atoms with van der Waals surface area (Å²) in [6.45, 7) is 0. The normalized spacial score (nSPS) is 33.1. The van der Waals surface area contributed by atoms with Gasteiger partial charge < -0.3 is 4.90 Å². The second-order valence-corrected chi connectivity index (χ2v) is 5.57. The SMILES string of the molecule is CN1C=CC2C(I)=CC=C(I)C21. The van der Waals surface area contributed by atoms with Crippen molar-refractivity contribution < 1.29 is 0 Å². The lowest BCUT2D eigenvalue weighted by molar-refractivity contribution is 0.377. The highest BCUT2D eigenvalue weighted by molar-refractivity contribution is 14.1. The second-order valence-electron chi connectivity index (χ2n) is 3.08. The lowest BCUT2D eigenvalue weighted by Crippen LogP contribution is -2.30. The molecule has 1 nitrogen and oxygen atoms in total. The van der Waals surface area contributed by atoms with Crippen molar-refractivity contribution in [3.63, 3.8) is 0 Å². The molecular weight excluding hydrogens is 376 g/mol. The molecule has 0 bridgehead atoms. The van der Waals surface area contributed by atoms with Crippen LogP contribution in [0.3, 0.4) is 0 Å². The van der Waals surface area contributed by atoms with E-state index < -0.39 is 0 Å². The van der Waals surface area contributed by atoms with Gasteiger partial charge in [0, 0.05) is 16.5 Å². The van der Waals surface area contributed by atoms with Crippen molar-refractivity contribution in [2.24, 2.45) is 5.92 Å². The van der Waals surface area contributed by atoms with Crippen LogP contribution in [0.15, 0.2) is 31.6 Å². The molecule has 3 heteroatoms. The van der Waals surface area contributed by atoms with Crippen LogP contribution in [0.25, 0.3) is 0 Å². The number of halogens is 2. The number of fused-ring (bicyclic) bond motifs is 1. The molecule has 2 atom stereocenters. The Kier molecular flexibility index (Phi) is 2.51. The molecular formula is C9H9I2N. The van der Waals surface area contributed by atoms with Gasteiger partial charge in [0.15, 0.2) is 0 Å². The minimum absolute atomic E-state index is 0.572. The molecule has 2 aliphatic rings. The van der Waals surface area contributed by atoms with Gasteiger partial charge >= 0.3 is 0 Å². The van der Waals surface area contributed by atoms with Crippen LogP contribution in [0.2, 0.25) is 0 Å². The predicted octanol–water partition coefficient (Wildman–Crippen LogP) is 3.08. The van der Waals surface area contributed by atoms with Crippen LogP contribution in [0.4, 0.5) is 0 Å². The molecule has 0 aromatic carbocycles. The third-order valence-electron chi connectivity index (χ3n) is 2.31. The Hall–Kier alpha value is 0.480. The molecule has 64 valence electrons. The molecule has 1 aliphatic carbocycles. The summed E-state index contributed by atoms with van der Waals surface area (Å²) in [6.07, 6.45) is 8.90. The summed E-state index contributed by atoms with van der Waals surface area (Å²) in [4.78, 5) is 2.29. The Balaban J connectivity index is 2.37. The van der Waals surface area contributed by atoms with E-state index in [4.69, 9.17) is 0 Å². The van der Waals surface area contributed by atoms with Crippen LogP contribution in [-0.2, 0) is 0 Å². The summed E-state index contributed by atoms with van der Waals surface area (Å²) >= 11 is 4.86. The molecule has 1 aliphatic heterocycles. The first-order valence-corrected chi connectivity index (χ1v) is 5.99. The van der Waals surface area contributed by atoms with Gasteiger partial charge in [-0.1, -0.05) is 18.2 Å². The Morgan fingerprint density at radius 1 is 1.25 bits per heavy atom. The summed E-state index contributed by atoms with van der Waals surface area (Å²) < 4.78 is 2.88. The fourth-order valence-corrected chi connectivity index (χ4v) is 3.39. The Bertz CT molecular complexity index is 291. The van der Waals surface area contributed by atoms with E-state index in [1.54, 1.807) is 0 Å². The highest BCUT2D eigenvalue weighted by Crippen LogP contribution is 2.39. The summed E-state index contributed by atoms with van der Waals surface area (Å²) in [5, 5.41) is 0. The van der Waals surface area contributed by atoms with E-state index in [9.17, 15) is 0 Å². The van der Waals surface area contributed by atoms with E-state index >= 15 is 0 Å². The lowest BCUT2D eigenvalue weighted by atomic mass is 9.97. The standard InChI is InChI=1S/C9H9I2N/c1-12-5-4-6-7(10)2-3-8(11)9(6)12/h2-6,9H,1H3. The average Bonchev–Trinajstić information content (AvgIpc) is 2.42. The van der Waals surface area contributed by atoms with Crippen LogP contribution in [0.5, 0.6) is 0 Å². The molecule has 12 heavy (non-hydrogen) atoms. The minimum atomic E-state index is 0.572. The van der Waals surface area contributed by atoms with Gasteiger partial charge in [0.25, 0.3) is 0 Å². The van der Waals surface area contributed by atoms with E-state index in [0.29, 0.717) is 12.0 Å². The van der Waals surface area contributed by atoms with Crippen molar-refractivity contribution in [2.75, 3.05) is 7.05 Å². The van der Waals surface area contributed by atoms with Gasteiger partial charge in [0.05, 0.1) is 6.04 Å². The first kappa shape index (κ1) is 9.05. The number of hydrogen-bond acceptors (Lipinski definition) is 1. The van der Waals surface area contributed by atoms with Crippen LogP contribution < -0.4 is 0 Å². The predicted molar refractivity (Wildman–Crippen MR) is 68.4 cm³/mol. The number of rotatable bonds is 0. The third-order valence-corrected chi connectivity index (χ3v) is 4.39. The molecule has 0 N–H and O–H groups in total. The lowest BCUT2D eigenvalue weighted by Gasteiger charge is -2.28. The van der Waals surface area contributed by atoms with Gasteiger partial charge in [0.1, 0.15) is 0 Å². The van der Waals surface area contributed by atoms with E-state index in [2.05, 4.69) is 81.6 Å². The molecule has 0 saturated heterocycles. The van der Waals surface area contributed by atoms with Gasteiger partial charge in [-0.25, -0.2) is 0 Å². The van der Waals surface area contributed by atoms with Crippen molar-refractivity contribution in [3.8, 4) is 0 Å². The molecule has 0 fully saturated rings. The summed E-state index contributed by atoms with van der Waals surface area (Å²) in [7, 11) is 2.14. The molecule has 1 heterocycles. The molecule has 0 aromatic rings. The first-order chi connectivity index (χ1) is 5.70. The van der Waals surface area contributed by atoms with Crippen molar-refractivity contribution in [2.45, 2.75) is 6.04 Å². The molecule has 2 rings (SSSR count). The van der Waals surface area contributed by atoms with Gasteiger partial charge in [-0.05, 0) is 55.0 Å². The smallest absolute Gasteiger partial charge is 0.0698 e. The molecule has 0 spiro atoms. The number of allylic oxidation sites excluding steroid dienone is 2. The quantitative estimate of drug-likeness (QED) is 0.580. The Labute approximate surface area is 99.9 Å². The zero-order valence-corrected chi connectivity index (χ0v) is 11.0. The van der Waals surface area contributed by atoms with E-state index in [0.717, 1.165) is 0 Å². The van der Waals surface area contributed by atoms with Crippen LogP contribution >= 0.6 is 45.2 Å². The third kappa shape index (κ3) is 1.34. The number of nitrogens with zero attached hydrogens (tertiary/aromatic N) is 1. The van der Waals surface area contributed by atoms with Crippen molar-refractivity contribution in [1.82, 2.24) is 4.90 Å². The average molecular weight is 385 g/mol. The maximum Gasteiger partial charge on any atom is 0.0698 e. The Morgan fingerprint density at radius 3 is 2.58 bits per heavy atom. The number of likely N-dealkylation sites (N-methyl/N-ethyl adjacent to an activating group) is 1. The second kappa shape index (κ2) is 3.32. The van der Waals surface area contributed by atoms with Gasteiger partial charge in [-0.2, -0.15) is 0 Å². The summed E-state index contributed by atoms with van der Waals surface area (Å²) in [6, 6.07) is 0.572. The van der Waals surface area contributed by atoms with E-state index in [1.807, 2.05) is 0 Å². The zero-order chi connectivity index (χ0) is 8.72. The highest BCUT2D eigenvalue weighted by Gasteiger charge is 2.32. The number of hydrogen-bond donors (Lipinski definition) is 0. The maximum atomic E-state index is 2.43. The largest absolute Gasteiger partial charge is 0.372 e. The monoisotopic (exact) mass is 385 g/mol. The molecule has 2 unspecified atom stereocenters. The zero-order valence-electron chi connectivity index (χ0n) is 6.67. The fraction of sp³-hybridized carbons (Fsp3) is 0.333. The highest BCUT2D eigenvalue weighted by atomic mass is 127. The molecule has 0 amide bonds. The molecule has 0 saturated carbocycles. The fourth-order valence-electron chi connectivity index (χ4n) is 1.66. The van der Waals surface area contributed by atoms with Gasteiger partial charge in [-0.15, -0.1) is 0 Å². The van der Waals surface area contributed by atoms with Gasteiger partial charge in [-0.3, -0.25) is 0 Å². The Morgan fingerprint density at radius 2 is 1.92 bits per heavy atom.